The van der Waals surface area contributed by atoms with Crippen molar-refractivity contribution in [2.75, 3.05) is 5.32 Å². The number of carbonyl (C=O) groups is 2. The van der Waals surface area contributed by atoms with Crippen molar-refractivity contribution >= 4 is 17.7 Å². The normalized spacial score (nSPS) is 9.62. The van der Waals surface area contributed by atoms with Gasteiger partial charge in [-0.05, 0) is 6.92 Å². The third-order valence-corrected chi connectivity index (χ3v) is 1.40. The fraction of sp³-hybridized carbons (Fsp3) is 0.286. The molecule has 0 aliphatic heterocycles. The summed E-state index contributed by atoms with van der Waals surface area (Å²) in [6, 6.07) is 1.53. The van der Waals surface area contributed by atoms with Crippen LogP contribution in [0.15, 0.2) is 12.3 Å². The van der Waals surface area contributed by atoms with E-state index in [-0.39, 0.29) is 5.82 Å². The van der Waals surface area contributed by atoms with Crippen LogP contribution in [0.2, 0.25) is 0 Å². The maximum atomic E-state index is 10.6. The lowest BCUT2D eigenvalue weighted by Crippen LogP contribution is -2.22. The molecule has 0 aliphatic rings. The number of carboxylic acids is 1. The zero-order valence-corrected chi connectivity index (χ0v) is 7.02. The minimum atomic E-state index is -1.52. The van der Waals surface area contributed by atoms with Gasteiger partial charge in [-0.2, -0.15) is 5.10 Å². The van der Waals surface area contributed by atoms with E-state index in [1.54, 1.807) is 10.9 Å². The van der Waals surface area contributed by atoms with Gasteiger partial charge in [0.2, 0.25) is 0 Å². The Labute approximate surface area is 74.2 Å². The van der Waals surface area contributed by atoms with Crippen LogP contribution in [0.5, 0.6) is 0 Å². The first kappa shape index (κ1) is 9.24. The lowest BCUT2D eigenvalue weighted by molar-refractivity contribution is -0.147. The van der Waals surface area contributed by atoms with Crippen molar-refractivity contribution in [3.63, 3.8) is 0 Å². The number of anilines is 1. The molecule has 1 aromatic heterocycles. The van der Waals surface area contributed by atoms with E-state index < -0.39 is 11.9 Å². The molecule has 0 aromatic carbocycles. The second-order valence-electron chi connectivity index (χ2n) is 2.32. The molecule has 0 fully saturated rings. The SMILES string of the molecule is CCn1ccc(NC(=O)C(=O)O)n1. The standard InChI is InChI=1S/C7H9N3O3/c1-2-10-4-3-5(9-10)8-6(11)7(12)13/h3-4H,2H2,1H3,(H,12,13)(H,8,9,11). The Morgan fingerprint density at radius 1 is 1.69 bits per heavy atom. The molecule has 70 valence electrons. The third-order valence-electron chi connectivity index (χ3n) is 1.40. The van der Waals surface area contributed by atoms with E-state index in [0.29, 0.717) is 6.54 Å². The fourth-order valence-corrected chi connectivity index (χ4v) is 0.774. The Morgan fingerprint density at radius 2 is 2.38 bits per heavy atom. The minimum absolute atomic E-state index is 0.245. The molecule has 1 amide bonds. The van der Waals surface area contributed by atoms with Crippen LogP contribution in [0.25, 0.3) is 0 Å². The second-order valence-corrected chi connectivity index (χ2v) is 2.32. The Morgan fingerprint density at radius 3 is 2.85 bits per heavy atom. The highest BCUT2D eigenvalue weighted by Gasteiger charge is 2.11. The van der Waals surface area contributed by atoms with Gasteiger partial charge in [-0.1, -0.05) is 0 Å². The summed E-state index contributed by atoms with van der Waals surface area (Å²) in [7, 11) is 0. The average molecular weight is 183 g/mol. The van der Waals surface area contributed by atoms with Crippen LogP contribution in [-0.2, 0) is 16.1 Å². The summed E-state index contributed by atoms with van der Waals surface area (Å²) >= 11 is 0. The first-order chi connectivity index (χ1) is 6.13. The predicted molar refractivity (Wildman–Crippen MR) is 44.2 cm³/mol. The highest BCUT2D eigenvalue weighted by Crippen LogP contribution is 2.01. The summed E-state index contributed by atoms with van der Waals surface area (Å²) in [5.74, 6) is -2.36. The topological polar surface area (TPSA) is 84.2 Å². The predicted octanol–water partition coefficient (Wildman–Crippen LogP) is -0.0739. The van der Waals surface area contributed by atoms with Gasteiger partial charge < -0.3 is 5.11 Å². The first-order valence-electron chi connectivity index (χ1n) is 3.71. The number of rotatable bonds is 2. The van der Waals surface area contributed by atoms with Gasteiger partial charge in [0, 0.05) is 18.8 Å². The first-order valence-corrected chi connectivity index (χ1v) is 3.71. The summed E-state index contributed by atoms with van der Waals surface area (Å²) in [5, 5.41) is 14.3. The highest BCUT2D eigenvalue weighted by molar-refractivity contribution is 6.36. The molecule has 0 saturated heterocycles. The Hall–Kier alpha value is -1.85. The van der Waals surface area contributed by atoms with Crippen molar-refractivity contribution in [1.29, 1.82) is 0 Å². The number of aryl methyl sites for hydroxylation is 1. The van der Waals surface area contributed by atoms with Crippen molar-refractivity contribution in [3.8, 4) is 0 Å². The summed E-state index contributed by atoms with van der Waals surface area (Å²) in [6.07, 6.45) is 1.65. The molecule has 1 rings (SSSR count). The zero-order chi connectivity index (χ0) is 9.84. The van der Waals surface area contributed by atoms with Crippen LogP contribution >= 0.6 is 0 Å². The molecule has 0 bridgehead atoms. The van der Waals surface area contributed by atoms with Gasteiger partial charge in [-0.25, -0.2) is 4.79 Å². The molecule has 0 radical (unpaired) electrons. The third kappa shape index (κ3) is 2.29. The van der Waals surface area contributed by atoms with Crippen molar-refractivity contribution in [2.24, 2.45) is 0 Å². The molecule has 1 heterocycles. The quantitative estimate of drug-likeness (QED) is 0.628. The monoisotopic (exact) mass is 183 g/mol. The van der Waals surface area contributed by atoms with Crippen LogP contribution in [0.4, 0.5) is 5.82 Å². The molecule has 2 N–H and O–H groups in total. The Bertz CT molecular complexity index is 331. The summed E-state index contributed by atoms with van der Waals surface area (Å²) in [5.41, 5.74) is 0. The summed E-state index contributed by atoms with van der Waals surface area (Å²) < 4.78 is 1.58. The maximum Gasteiger partial charge on any atom is 0.394 e. The van der Waals surface area contributed by atoms with E-state index >= 15 is 0 Å². The largest absolute Gasteiger partial charge is 0.474 e. The second kappa shape index (κ2) is 3.70. The van der Waals surface area contributed by atoms with Gasteiger partial charge in [0.15, 0.2) is 5.82 Å². The van der Waals surface area contributed by atoms with E-state index in [1.807, 2.05) is 6.92 Å². The Balaban J connectivity index is 2.64. The van der Waals surface area contributed by atoms with Gasteiger partial charge >= 0.3 is 11.9 Å². The number of carboxylic acid groups (broad SMARTS) is 1. The highest BCUT2D eigenvalue weighted by atomic mass is 16.4. The van der Waals surface area contributed by atoms with E-state index in [1.165, 1.54) is 6.07 Å². The number of carbonyl (C=O) groups excluding carboxylic acids is 1. The number of hydrogen-bond acceptors (Lipinski definition) is 3. The lowest BCUT2D eigenvalue weighted by atomic mass is 10.5. The number of aliphatic carboxylic acids is 1. The van der Waals surface area contributed by atoms with E-state index in [0.717, 1.165) is 0 Å². The molecular formula is C7H9N3O3. The van der Waals surface area contributed by atoms with Crippen LogP contribution in [0, 0.1) is 0 Å². The van der Waals surface area contributed by atoms with Crippen LogP contribution in [0.3, 0.4) is 0 Å². The summed E-state index contributed by atoms with van der Waals surface area (Å²) in [6.45, 7) is 2.55. The zero-order valence-electron chi connectivity index (χ0n) is 7.02. The van der Waals surface area contributed by atoms with Crippen molar-refractivity contribution in [2.45, 2.75) is 13.5 Å². The molecule has 0 spiro atoms. The smallest absolute Gasteiger partial charge is 0.394 e. The van der Waals surface area contributed by atoms with Crippen molar-refractivity contribution < 1.29 is 14.7 Å². The molecule has 0 saturated carbocycles. The lowest BCUT2D eigenvalue weighted by Gasteiger charge is -1.95. The molecule has 6 heteroatoms. The van der Waals surface area contributed by atoms with E-state index in [4.69, 9.17) is 5.11 Å². The molecule has 0 atom stereocenters. The molecule has 0 unspecified atom stereocenters. The van der Waals surface area contributed by atoms with Gasteiger partial charge in [0.1, 0.15) is 0 Å². The molecule has 6 nitrogen and oxygen atoms in total. The van der Waals surface area contributed by atoms with Crippen molar-refractivity contribution in [3.05, 3.63) is 12.3 Å². The van der Waals surface area contributed by atoms with Gasteiger partial charge in [0.25, 0.3) is 0 Å². The van der Waals surface area contributed by atoms with Crippen LogP contribution < -0.4 is 5.32 Å². The molecular weight excluding hydrogens is 174 g/mol. The van der Waals surface area contributed by atoms with Crippen LogP contribution in [-0.4, -0.2) is 26.8 Å². The van der Waals surface area contributed by atoms with E-state index in [9.17, 15) is 9.59 Å². The fourth-order valence-electron chi connectivity index (χ4n) is 0.774. The Kier molecular flexibility index (Phi) is 2.63. The maximum absolute atomic E-state index is 10.6. The van der Waals surface area contributed by atoms with Gasteiger partial charge in [0.05, 0.1) is 0 Å². The number of amides is 1. The van der Waals surface area contributed by atoms with Crippen molar-refractivity contribution in [1.82, 2.24) is 9.78 Å². The number of nitrogens with zero attached hydrogens (tertiary/aromatic N) is 2. The molecule has 13 heavy (non-hydrogen) atoms. The van der Waals surface area contributed by atoms with E-state index in [2.05, 4.69) is 10.4 Å². The minimum Gasteiger partial charge on any atom is -0.474 e. The van der Waals surface area contributed by atoms with Crippen LogP contribution in [0.1, 0.15) is 6.92 Å². The number of aromatic nitrogens is 2. The van der Waals surface area contributed by atoms with Gasteiger partial charge in [-0.3, -0.25) is 14.8 Å². The average Bonchev–Trinajstić information content (AvgIpc) is 2.52. The van der Waals surface area contributed by atoms with Gasteiger partial charge in [-0.15, -0.1) is 0 Å². The molecule has 0 aliphatic carbocycles. The molecule has 1 aromatic rings. The number of hydrogen-bond donors (Lipinski definition) is 2. The summed E-state index contributed by atoms with van der Waals surface area (Å²) in [4.78, 5) is 20.8. The number of nitrogens with one attached hydrogen (secondary N) is 1.